The molecule has 2 aromatic rings. The van der Waals surface area contributed by atoms with Crippen molar-refractivity contribution in [3.8, 4) is 5.75 Å². The Morgan fingerprint density at radius 1 is 1.10 bits per heavy atom. The molecule has 2 rings (SSSR count). The normalized spacial score (nSPS) is 10.6. The molecule has 2 aromatic carbocycles. The first-order valence-electron chi connectivity index (χ1n) is 6.34. The minimum absolute atomic E-state index is 0.301. The quantitative estimate of drug-likeness (QED) is 0.375. The number of hydrazone groups is 1. The van der Waals surface area contributed by atoms with E-state index in [9.17, 15) is 9.18 Å². The fourth-order valence-corrected chi connectivity index (χ4v) is 1.56. The van der Waals surface area contributed by atoms with Gasteiger partial charge in [-0.2, -0.15) is 5.10 Å². The first kappa shape index (κ1) is 14.7. The highest BCUT2D eigenvalue weighted by atomic mass is 19.1. The Labute approximate surface area is 122 Å². The predicted molar refractivity (Wildman–Crippen MR) is 79.1 cm³/mol. The van der Waals surface area contributed by atoms with E-state index < -0.39 is 11.8 Å². The van der Waals surface area contributed by atoms with Gasteiger partial charge in [0.15, 0.2) is 0 Å². The summed E-state index contributed by atoms with van der Waals surface area (Å²) in [6, 6.07) is 12.2. The average Bonchev–Trinajstić information content (AvgIpc) is 2.47. The largest absolute Gasteiger partial charge is 0.423 e. The molecule has 21 heavy (non-hydrogen) atoms. The zero-order valence-electron chi connectivity index (χ0n) is 11.8. The lowest BCUT2D eigenvalue weighted by atomic mass is 10.2. The van der Waals surface area contributed by atoms with Gasteiger partial charge in [0.05, 0.1) is 11.8 Å². The third-order valence-electron chi connectivity index (χ3n) is 2.61. The van der Waals surface area contributed by atoms with Crippen molar-refractivity contribution < 1.29 is 13.9 Å². The van der Waals surface area contributed by atoms with Crippen molar-refractivity contribution in [1.29, 1.82) is 0 Å². The molecule has 0 heterocycles. The van der Waals surface area contributed by atoms with Crippen LogP contribution in [0.4, 0.5) is 4.39 Å². The van der Waals surface area contributed by atoms with Gasteiger partial charge < -0.3 is 9.75 Å². The van der Waals surface area contributed by atoms with Crippen molar-refractivity contribution in [3.63, 3.8) is 0 Å². The molecule has 0 bridgehead atoms. The molecule has 0 N–H and O–H groups in total. The molecule has 0 unspecified atom stereocenters. The number of ether oxygens (including phenoxy) is 1. The Bertz CT molecular complexity index is 634. The third-order valence-corrected chi connectivity index (χ3v) is 2.61. The number of carbonyl (C=O) groups excluding carboxylic acids is 1. The van der Waals surface area contributed by atoms with E-state index in [0.29, 0.717) is 11.3 Å². The summed E-state index contributed by atoms with van der Waals surface area (Å²) in [6.07, 6.45) is 1.70. The molecule has 0 spiro atoms. The summed E-state index contributed by atoms with van der Waals surface area (Å²) in [5.41, 5.74) is 1.19. The predicted octanol–water partition coefficient (Wildman–Crippen LogP) is 2.94. The van der Waals surface area contributed by atoms with E-state index in [1.54, 1.807) is 35.5 Å². The van der Waals surface area contributed by atoms with Crippen molar-refractivity contribution in [3.05, 3.63) is 65.5 Å². The summed E-state index contributed by atoms with van der Waals surface area (Å²) in [7, 11) is 3.66. The van der Waals surface area contributed by atoms with E-state index in [1.807, 2.05) is 14.1 Å². The van der Waals surface area contributed by atoms with Crippen molar-refractivity contribution in [2.45, 2.75) is 0 Å². The summed E-state index contributed by atoms with van der Waals surface area (Å²) in [6.45, 7) is 0. The molecule has 0 aliphatic rings. The maximum absolute atomic E-state index is 12.8. The van der Waals surface area contributed by atoms with Gasteiger partial charge >= 0.3 is 5.97 Å². The van der Waals surface area contributed by atoms with Crippen LogP contribution in [0.3, 0.4) is 0 Å². The van der Waals surface area contributed by atoms with Gasteiger partial charge in [0.2, 0.25) is 0 Å². The van der Waals surface area contributed by atoms with Gasteiger partial charge in [0, 0.05) is 14.1 Å². The minimum Gasteiger partial charge on any atom is -0.423 e. The number of hydrogen-bond acceptors (Lipinski definition) is 4. The number of nitrogens with zero attached hydrogens (tertiary/aromatic N) is 2. The van der Waals surface area contributed by atoms with Gasteiger partial charge in [0.1, 0.15) is 11.6 Å². The molecule has 0 atom stereocenters. The first-order valence-corrected chi connectivity index (χ1v) is 6.34. The van der Waals surface area contributed by atoms with Crippen LogP contribution < -0.4 is 4.74 Å². The Balaban J connectivity index is 2.03. The van der Waals surface area contributed by atoms with Crippen LogP contribution in [0.15, 0.2) is 53.6 Å². The van der Waals surface area contributed by atoms with Crippen molar-refractivity contribution in [1.82, 2.24) is 5.01 Å². The van der Waals surface area contributed by atoms with Crippen LogP contribution in [0.25, 0.3) is 0 Å². The van der Waals surface area contributed by atoms with Crippen LogP contribution in [0.2, 0.25) is 0 Å². The lowest BCUT2D eigenvalue weighted by molar-refractivity contribution is 0.0734. The fraction of sp³-hybridized carbons (Fsp3) is 0.125. The van der Waals surface area contributed by atoms with E-state index in [-0.39, 0.29) is 0 Å². The summed E-state index contributed by atoms with van der Waals surface area (Å²) >= 11 is 0. The maximum atomic E-state index is 12.8. The second-order valence-corrected chi connectivity index (χ2v) is 4.56. The Morgan fingerprint density at radius 3 is 2.29 bits per heavy atom. The van der Waals surface area contributed by atoms with E-state index in [0.717, 1.165) is 5.56 Å². The van der Waals surface area contributed by atoms with E-state index >= 15 is 0 Å². The number of carbonyl (C=O) groups is 1. The van der Waals surface area contributed by atoms with Crippen LogP contribution in [0.1, 0.15) is 15.9 Å². The lowest BCUT2D eigenvalue weighted by Crippen LogP contribution is -2.08. The Hall–Kier alpha value is -2.69. The van der Waals surface area contributed by atoms with Crippen molar-refractivity contribution in [2.24, 2.45) is 5.10 Å². The topological polar surface area (TPSA) is 41.9 Å². The number of hydrogen-bond donors (Lipinski definition) is 0. The molecule has 0 aliphatic carbocycles. The Kier molecular flexibility index (Phi) is 4.66. The molecular formula is C16H15FN2O2. The van der Waals surface area contributed by atoms with Crippen LogP contribution in [0.5, 0.6) is 5.75 Å². The molecular weight excluding hydrogens is 271 g/mol. The minimum atomic E-state index is -0.523. The molecule has 0 aliphatic heterocycles. The smallest absolute Gasteiger partial charge is 0.343 e. The van der Waals surface area contributed by atoms with E-state index in [2.05, 4.69) is 5.10 Å². The van der Waals surface area contributed by atoms with E-state index in [4.69, 9.17) is 4.74 Å². The molecule has 0 saturated carbocycles. The highest BCUT2D eigenvalue weighted by Crippen LogP contribution is 2.14. The monoisotopic (exact) mass is 286 g/mol. The molecule has 0 radical (unpaired) electrons. The summed E-state index contributed by atoms with van der Waals surface area (Å²) in [5, 5.41) is 5.79. The van der Waals surface area contributed by atoms with Crippen LogP contribution in [0, 0.1) is 5.82 Å². The zero-order valence-corrected chi connectivity index (χ0v) is 11.8. The second-order valence-electron chi connectivity index (χ2n) is 4.56. The van der Waals surface area contributed by atoms with Gasteiger partial charge in [-0.15, -0.1) is 0 Å². The summed E-state index contributed by atoms with van der Waals surface area (Å²) in [4.78, 5) is 11.8. The number of halogens is 1. The third kappa shape index (κ3) is 4.42. The number of rotatable bonds is 4. The fourth-order valence-electron chi connectivity index (χ4n) is 1.56. The van der Waals surface area contributed by atoms with Crippen molar-refractivity contribution >= 4 is 12.2 Å². The highest BCUT2D eigenvalue weighted by molar-refractivity contribution is 5.91. The van der Waals surface area contributed by atoms with Gasteiger partial charge in [-0.25, -0.2) is 9.18 Å². The molecule has 0 aromatic heterocycles. The first-order chi connectivity index (χ1) is 10.0. The van der Waals surface area contributed by atoms with Gasteiger partial charge in [-0.05, 0) is 54.1 Å². The SMILES string of the molecule is CN(C)/N=C/c1ccc(OC(=O)c2ccc(F)cc2)cc1. The Morgan fingerprint density at radius 2 is 1.71 bits per heavy atom. The second kappa shape index (κ2) is 6.65. The maximum Gasteiger partial charge on any atom is 0.343 e. The van der Waals surface area contributed by atoms with E-state index in [1.165, 1.54) is 24.3 Å². The van der Waals surface area contributed by atoms with Crippen LogP contribution in [-0.2, 0) is 0 Å². The van der Waals surface area contributed by atoms with Gasteiger partial charge in [-0.1, -0.05) is 0 Å². The highest BCUT2D eigenvalue weighted by Gasteiger charge is 2.08. The average molecular weight is 286 g/mol. The number of benzene rings is 2. The molecule has 5 heteroatoms. The van der Waals surface area contributed by atoms with Crippen LogP contribution >= 0.6 is 0 Å². The van der Waals surface area contributed by atoms with Crippen LogP contribution in [-0.4, -0.2) is 31.3 Å². The summed E-state index contributed by atoms with van der Waals surface area (Å²) in [5.74, 6) is -0.493. The zero-order chi connectivity index (χ0) is 15.2. The molecule has 0 fully saturated rings. The molecule has 0 saturated heterocycles. The lowest BCUT2D eigenvalue weighted by Gasteiger charge is -2.05. The summed E-state index contributed by atoms with van der Waals surface area (Å²) < 4.78 is 18.0. The number of esters is 1. The van der Waals surface area contributed by atoms with Crippen molar-refractivity contribution in [2.75, 3.05) is 14.1 Å². The van der Waals surface area contributed by atoms with Gasteiger partial charge in [0.25, 0.3) is 0 Å². The molecule has 4 nitrogen and oxygen atoms in total. The molecule has 108 valence electrons. The van der Waals surface area contributed by atoms with Gasteiger partial charge in [-0.3, -0.25) is 0 Å². The standard InChI is InChI=1S/C16H15FN2O2/c1-19(2)18-11-12-3-9-15(10-4-12)21-16(20)13-5-7-14(17)8-6-13/h3-11H,1-2H3/b18-11+. The molecule has 0 amide bonds.